The van der Waals surface area contributed by atoms with Gasteiger partial charge in [0, 0.05) is 38.8 Å². The Hall–Kier alpha value is -2.78. The van der Waals surface area contributed by atoms with Crippen LogP contribution < -0.4 is 14.8 Å². The number of morpholine rings is 1. The van der Waals surface area contributed by atoms with Crippen LogP contribution in [-0.4, -0.2) is 93.8 Å². The fourth-order valence-corrected chi connectivity index (χ4v) is 4.26. The number of hydrogen-bond acceptors (Lipinski definition) is 6. The number of urea groups is 1. The zero-order valence-electron chi connectivity index (χ0n) is 17.6. The molecule has 1 saturated heterocycles. The maximum atomic E-state index is 13.4. The number of benzene rings is 1. The molecule has 1 fully saturated rings. The van der Waals surface area contributed by atoms with E-state index in [2.05, 4.69) is 10.2 Å². The lowest BCUT2D eigenvalue weighted by molar-refractivity contribution is -0.126. The average Bonchev–Trinajstić information content (AvgIpc) is 3.11. The number of methoxy groups -OCH3 is 2. The Bertz CT molecular complexity index is 865. The van der Waals surface area contributed by atoms with E-state index in [9.17, 15) is 9.59 Å². The average molecular weight is 416 g/mol. The first-order valence-electron chi connectivity index (χ1n) is 10.1. The molecule has 0 bridgehead atoms. The van der Waals surface area contributed by atoms with E-state index >= 15 is 0 Å². The van der Waals surface area contributed by atoms with Gasteiger partial charge in [0.1, 0.15) is 0 Å². The van der Waals surface area contributed by atoms with Gasteiger partial charge in [-0.15, -0.1) is 0 Å². The predicted octanol–water partition coefficient (Wildman–Crippen LogP) is 0.828. The number of hydrogen-bond donors (Lipinski definition) is 1. The van der Waals surface area contributed by atoms with Crippen LogP contribution in [0.4, 0.5) is 4.79 Å². The Morgan fingerprint density at radius 2 is 1.90 bits per heavy atom. The second kappa shape index (κ2) is 8.53. The van der Waals surface area contributed by atoms with Crippen LogP contribution >= 0.6 is 0 Å². The lowest BCUT2D eigenvalue weighted by Gasteiger charge is -2.31. The van der Waals surface area contributed by atoms with E-state index in [0.29, 0.717) is 35.7 Å². The fraction of sp³-hybridized carbons (Fsp3) is 0.524. The lowest BCUT2D eigenvalue weighted by Crippen LogP contribution is -2.45. The van der Waals surface area contributed by atoms with Gasteiger partial charge in [-0.3, -0.25) is 14.6 Å². The van der Waals surface area contributed by atoms with Gasteiger partial charge in [-0.1, -0.05) is 12.1 Å². The molecule has 0 spiro atoms. The quantitative estimate of drug-likeness (QED) is 0.740. The van der Waals surface area contributed by atoms with Gasteiger partial charge in [0.15, 0.2) is 11.5 Å². The first kappa shape index (κ1) is 20.5. The maximum Gasteiger partial charge on any atom is 0.322 e. The monoisotopic (exact) mass is 416 g/mol. The zero-order valence-corrected chi connectivity index (χ0v) is 17.6. The van der Waals surface area contributed by atoms with Crippen molar-refractivity contribution in [3.8, 4) is 11.5 Å². The van der Waals surface area contributed by atoms with E-state index in [1.54, 1.807) is 27.3 Å². The Kier molecular flexibility index (Phi) is 5.83. The zero-order chi connectivity index (χ0) is 21.3. The highest BCUT2D eigenvalue weighted by Gasteiger charge is 2.43. The number of nitrogens with one attached hydrogen (secondary N) is 1. The number of likely N-dealkylation sites (N-methyl/N-ethyl adjacent to an activating group) is 1. The maximum absolute atomic E-state index is 13.4. The normalized spacial score (nSPS) is 22.3. The molecule has 3 aliphatic heterocycles. The smallest absolute Gasteiger partial charge is 0.322 e. The van der Waals surface area contributed by atoms with Crippen molar-refractivity contribution >= 4 is 11.9 Å². The molecule has 1 aromatic rings. The van der Waals surface area contributed by atoms with Gasteiger partial charge in [0.05, 0.1) is 51.3 Å². The van der Waals surface area contributed by atoms with Crippen LogP contribution in [0.5, 0.6) is 11.5 Å². The van der Waals surface area contributed by atoms with Crippen molar-refractivity contribution in [3.63, 3.8) is 0 Å². The van der Waals surface area contributed by atoms with Crippen molar-refractivity contribution in [2.75, 3.05) is 67.2 Å². The standard InChI is InChI=1S/C21H28N4O5/c1-23-15-13-25(8-7-24-9-11-30-12-10-24)20(26)17(15)18(22-21(23)27)14-5-4-6-16(28-2)19(14)29-3/h4-6,18H,7-13H2,1-3H3,(H,22,27)/t18-/m1/s1. The third-order valence-electron chi connectivity index (χ3n) is 5.97. The van der Waals surface area contributed by atoms with Crippen molar-refractivity contribution < 1.29 is 23.8 Å². The Morgan fingerprint density at radius 3 is 2.60 bits per heavy atom. The number of carbonyl (C=O) groups is 2. The van der Waals surface area contributed by atoms with E-state index in [4.69, 9.17) is 14.2 Å². The molecule has 1 N–H and O–H groups in total. The summed E-state index contributed by atoms with van der Waals surface area (Å²) in [7, 11) is 4.81. The molecular formula is C21H28N4O5. The van der Waals surface area contributed by atoms with Crippen molar-refractivity contribution in [1.82, 2.24) is 20.0 Å². The largest absolute Gasteiger partial charge is 0.493 e. The summed E-state index contributed by atoms with van der Waals surface area (Å²) in [5.74, 6) is 1.01. The Balaban J connectivity index is 1.61. The highest BCUT2D eigenvalue weighted by Crippen LogP contribution is 2.42. The van der Waals surface area contributed by atoms with Gasteiger partial charge >= 0.3 is 6.03 Å². The van der Waals surface area contributed by atoms with E-state index in [-0.39, 0.29) is 11.9 Å². The van der Waals surface area contributed by atoms with Gasteiger partial charge in [-0.2, -0.15) is 0 Å². The minimum atomic E-state index is -0.588. The highest BCUT2D eigenvalue weighted by atomic mass is 16.5. The van der Waals surface area contributed by atoms with E-state index in [0.717, 1.165) is 38.5 Å². The molecule has 3 heterocycles. The van der Waals surface area contributed by atoms with Gasteiger partial charge in [-0.25, -0.2) is 4.79 Å². The van der Waals surface area contributed by atoms with E-state index in [1.165, 1.54) is 4.90 Å². The fourth-order valence-electron chi connectivity index (χ4n) is 4.26. The molecule has 9 nitrogen and oxygen atoms in total. The first-order valence-corrected chi connectivity index (χ1v) is 10.1. The molecular weight excluding hydrogens is 388 g/mol. The summed E-state index contributed by atoms with van der Waals surface area (Å²) in [4.78, 5) is 31.7. The topological polar surface area (TPSA) is 83.6 Å². The molecule has 30 heavy (non-hydrogen) atoms. The molecule has 0 aliphatic carbocycles. The summed E-state index contributed by atoms with van der Waals surface area (Å²) in [6, 6.07) is 4.64. The number of carbonyl (C=O) groups excluding carboxylic acids is 2. The van der Waals surface area contributed by atoms with Crippen LogP contribution in [0.1, 0.15) is 11.6 Å². The highest BCUT2D eigenvalue weighted by molar-refractivity contribution is 6.01. The van der Waals surface area contributed by atoms with Gasteiger partial charge in [0.25, 0.3) is 5.91 Å². The molecule has 1 atom stereocenters. The SMILES string of the molecule is COc1cccc([C@H]2NC(=O)N(C)C3=C2C(=O)N(CCN2CCOCC2)C3)c1OC. The first-order chi connectivity index (χ1) is 14.5. The van der Waals surface area contributed by atoms with Gasteiger partial charge in [0.2, 0.25) is 0 Å². The van der Waals surface area contributed by atoms with Crippen molar-refractivity contribution in [2.24, 2.45) is 0 Å². The molecule has 4 rings (SSSR count). The lowest BCUT2D eigenvalue weighted by atomic mass is 9.94. The summed E-state index contributed by atoms with van der Waals surface area (Å²) >= 11 is 0. The molecule has 3 amide bonds. The summed E-state index contributed by atoms with van der Waals surface area (Å²) in [6.45, 7) is 5.01. The van der Waals surface area contributed by atoms with Crippen molar-refractivity contribution in [2.45, 2.75) is 6.04 Å². The molecule has 0 radical (unpaired) electrons. The number of ether oxygens (including phenoxy) is 3. The van der Waals surface area contributed by atoms with Crippen LogP contribution in [0.3, 0.4) is 0 Å². The molecule has 0 aromatic heterocycles. The summed E-state index contributed by atoms with van der Waals surface area (Å²) in [5.41, 5.74) is 2.03. The van der Waals surface area contributed by atoms with Crippen LogP contribution in [0.2, 0.25) is 0 Å². The van der Waals surface area contributed by atoms with E-state index < -0.39 is 6.04 Å². The summed E-state index contributed by atoms with van der Waals surface area (Å²) < 4.78 is 16.4. The third-order valence-corrected chi connectivity index (χ3v) is 5.97. The third kappa shape index (κ3) is 3.59. The Morgan fingerprint density at radius 1 is 1.13 bits per heavy atom. The van der Waals surface area contributed by atoms with Gasteiger partial charge in [-0.05, 0) is 6.07 Å². The van der Waals surface area contributed by atoms with Crippen LogP contribution in [0.25, 0.3) is 0 Å². The second-order valence-electron chi connectivity index (χ2n) is 7.57. The van der Waals surface area contributed by atoms with E-state index in [1.807, 2.05) is 17.0 Å². The minimum Gasteiger partial charge on any atom is -0.493 e. The number of rotatable bonds is 6. The Labute approximate surface area is 176 Å². The molecule has 162 valence electrons. The van der Waals surface area contributed by atoms with Crippen LogP contribution in [-0.2, 0) is 9.53 Å². The van der Waals surface area contributed by atoms with Crippen LogP contribution in [0.15, 0.2) is 29.5 Å². The van der Waals surface area contributed by atoms with Crippen LogP contribution in [0, 0.1) is 0 Å². The summed E-state index contributed by atoms with van der Waals surface area (Å²) in [6.07, 6.45) is 0. The van der Waals surface area contributed by atoms with Crippen molar-refractivity contribution in [1.29, 1.82) is 0 Å². The number of nitrogens with zero attached hydrogens (tertiary/aromatic N) is 3. The van der Waals surface area contributed by atoms with Gasteiger partial charge < -0.3 is 24.4 Å². The summed E-state index contributed by atoms with van der Waals surface area (Å²) in [5, 5.41) is 2.96. The molecule has 1 aromatic carbocycles. The van der Waals surface area contributed by atoms with Crippen molar-refractivity contribution in [3.05, 3.63) is 35.0 Å². The second-order valence-corrected chi connectivity index (χ2v) is 7.57. The number of amides is 3. The molecule has 9 heteroatoms. The number of para-hydroxylation sites is 1. The minimum absolute atomic E-state index is 0.0556. The molecule has 3 aliphatic rings. The molecule has 0 saturated carbocycles. The predicted molar refractivity (Wildman–Crippen MR) is 109 cm³/mol. The molecule has 0 unspecified atom stereocenters.